The SMILES string of the molecule is CCCN(c1ccc(S(=O)(=O)N(C)C)cc1N)C(C)C. The van der Waals surface area contributed by atoms with E-state index in [1.54, 1.807) is 12.1 Å². The predicted octanol–water partition coefficient (Wildman–Crippen LogP) is 2.14. The van der Waals surface area contributed by atoms with Gasteiger partial charge in [-0.05, 0) is 38.5 Å². The van der Waals surface area contributed by atoms with Crippen LogP contribution in [0.15, 0.2) is 23.1 Å². The first-order valence-corrected chi connectivity index (χ1v) is 8.24. The maximum absolute atomic E-state index is 12.1. The summed E-state index contributed by atoms with van der Waals surface area (Å²) in [5, 5.41) is 0. The van der Waals surface area contributed by atoms with E-state index in [1.165, 1.54) is 24.5 Å². The van der Waals surface area contributed by atoms with Crippen molar-refractivity contribution in [1.29, 1.82) is 0 Å². The molecule has 0 bridgehead atoms. The van der Waals surface area contributed by atoms with E-state index in [0.29, 0.717) is 11.7 Å². The first-order valence-electron chi connectivity index (χ1n) is 6.80. The van der Waals surface area contributed by atoms with E-state index in [2.05, 4.69) is 25.7 Å². The van der Waals surface area contributed by atoms with Gasteiger partial charge in [0, 0.05) is 26.7 Å². The molecule has 114 valence electrons. The third-order valence-corrected chi connectivity index (χ3v) is 4.99. The highest BCUT2D eigenvalue weighted by Gasteiger charge is 2.20. The second-order valence-electron chi connectivity index (χ2n) is 5.30. The minimum Gasteiger partial charge on any atom is -0.397 e. The van der Waals surface area contributed by atoms with E-state index in [0.717, 1.165) is 18.7 Å². The third kappa shape index (κ3) is 3.43. The van der Waals surface area contributed by atoms with Gasteiger partial charge in [0.2, 0.25) is 10.0 Å². The van der Waals surface area contributed by atoms with Crippen LogP contribution in [-0.2, 0) is 10.0 Å². The van der Waals surface area contributed by atoms with Crippen molar-refractivity contribution in [2.45, 2.75) is 38.1 Å². The molecule has 5 nitrogen and oxygen atoms in total. The zero-order valence-electron chi connectivity index (χ0n) is 12.9. The van der Waals surface area contributed by atoms with Gasteiger partial charge in [-0.2, -0.15) is 0 Å². The maximum Gasteiger partial charge on any atom is 0.242 e. The Hall–Kier alpha value is -1.27. The second-order valence-corrected chi connectivity index (χ2v) is 7.45. The fourth-order valence-electron chi connectivity index (χ4n) is 2.06. The molecule has 1 aromatic carbocycles. The average molecular weight is 299 g/mol. The molecular weight excluding hydrogens is 274 g/mol. The van der Waals surface area contributed by atoms with Crippen molar-refractivity contribution < 1.29 is 8.42 Å². The summed E-state index contributed by atoms with van der Waals surface area (Å²) in [6.07, 6.45) is 1.01. The van der Waals surface area contributed by atoms with E-state index in [-0.39, 0.29) is 4.90 Å². The summed E-state index contributed by atoms with van der Waals surface area (Å²) in [6, 6.07) is 5.26. The summed E-state index contributed by atoms with van der Waals surface area (Å²) < 4.78 is 25.4. The molecule has 2 N–H and O–H groups in total. The van der Waals surface area contributed by atoms with E-state index in [1.807, 2.05) is 0 Å². The molecule has 0 radical (unpaired) electrons. The van der Waals surface area contributed by atoms with Crippen molar-refractivity contribution in [1.82, 2.24) is 4.31 Å². The summed E-state index contributed by atoms with van der Waals surface area (Å²) >= 11 is 0. The maximum atomic E-state index is 12.1. The zero-order valence-corrected chi connectivity index (χ0v) is 13.7. The molecule has 0 unspecified atom stereocenters. The summed E-state index contributed by atoms with van der Waals surface area (Å²) in [7, 11) is -0.418. The number of sulfonamides is 1. The molecule has 0 aliphatic heterocycles. The van der Waals surface area contributed by atoms with Gasteiger partial charge in [0.25, 0.3) is 0 Å². The van der Waals surface area contributed by atoms with Gasteiger partial charge in [0.05, 0.1) is 16.3 Å². The fourth-order valence-corrected chi connectivity index (χ4v) is 3.00. The van der Waals surface area contributed by atoms with Gasteiger partial charge in [-0.15, -0.1) is 0 Å². The highest BCUT2D eigenvalue weighted by Crippen LogP contribution is 2.28. The van der Waals surface area contributed by atoms with Crippen LogP contribution in [-0.4, -0.2) is 39.4 Å². The number of anilines is 2. The molecule has 0 aromatic heterocycles. The van der Waals surface area contributed by atoms with E-state index in [4.69, 9.17) is 5.73 Å². The topological polar surface area (TPSA) is 66.6 Å². The van der Waals surface area contributed by atoms with Crippen LogP contribution in [0.2, 0.25) is 0 Å². The Morgan fingerprint density at radius 1 is 1.25 bits per heavy atom. The number of benzene rings is 1. The summed E-state index contributed by atoms with van der Waals surface area (Å²) in [4.78, 5) is 2.41. The van der Waals surface area contributed by atoms with Crippen LogP contribution in [0.3, 0.4) is 0 Å². The smallest absolute Gasteiger partial charge is 0.242 e. The van der Waals surface area contributed by atoms with Crippen LogP contribution in [0.4, 0.5) is 11.4 Å². The molecule has 20 heavy (non-hydrogen) atoms. The predicted molar refractivity (Wildman–Crippen MR) is 84.5 cm³/mol. The minimum atomic E-state index is -3.44. The molecule has 0 amide bonds. The number of nitrogens with zero attached hydrogens (tertiary/aromatic N) is 2. The van der Waals surface area contributed by atoms with Crippen LogP contribution in [0, 0.1) is 0 Å². The number of rotatable bonds is 6. The van der Waals surface area contributed by atoms with Crippen LogP contribution in [0.1, 0.15) is 27.2 Å². The lowest BCUT2D eigenvalue weighted by atomic mass is 10.2. The summed E-state index contributed by atoms with van der Waals surface area (Å²) in [6.45, 7) is 7.19. The Morgan fingerprint density at radius 2 is 1.85 bits per heavy atom. The second kappa shape index (κ2) is 6.45. The van der Waals surface area contributed by atoms with Crippen molar-refractivity contribution in [3.8, 4) is 0 Å². The first kappa shape index (κ1) is 16.8. The van der Waals surface area contributed by atoms with Crippen molar-refractivity contribution in [3.05, 3.63) is 18.2 Å². The van der Waals surface area contributed by atoms with Crippen molar-refractivity contribution in [3.63, 3.8) is 0 Å². The molecule has 0 aliphatic carbocycles. The highest BCUT2D eigenvalue weighted by molar-refractivity contribution is 7.89. The van der Waals surface area contributed by atoms with Crippen molar-refractivity contribution >= 4 is 21.4 Å². The molecule has 0 aliphatic rings. The first-order chi connectivity index (χ1) is 9.21. The highest BCUT2D eigenvalue weighted by atomic mass is 32.2. The monoisotopic (exact) mass is 299 g/mol. The molecule has 0 spiro atoms. The average Bonchev–Trinajstić information content (AvgIpc) is 2.35. The van der Waals surface area contributed by atoms with Gasteiger partial charge < -0.3 is 10.6 Å². The van der Waals surface area contributed by atoms with Gasteiger partial charge in [-0.25, -0.2) is 12.7 Å². The minimum absolute atomic E-state index is 0.226. The lowest BCUT2D eigenvalue weighted by Gasteiger charge is -2.30. The van der Waals surface area contributed by atoms with Crippen molar-refractivity contribution in [2.24, 2.45) is 0 Å². The molecule has 0 atom stereocenters. The number of hydrogen-bond donors (Lipinski definition) is 1. The zero-order chi connectivity index (χ0) is 15.5. The third-order valence-electron chi connectivity index (χ3n) is 3.17. The summed E-state index contributed by atoms with van der Waals surface area (Å²) in [5.41, 5.74) is 7.45. The van der Waals surface area contributed by atoms with Crippen molar-refractivity contribution in [2.75, 3.05) is 31.3 Å². The normalized spacial score (nSPS) is 12.2. The lowest BCUT2D eigenvalue weighted by molar-refractivity contribution is 0.521. The Balaban J connectivity index is 3.23. The molecule has 0 fully saturated rings. The van der Waals surface area contributed by atoms with E-state index >= 15 is 0 Å². The molecular formula is C14H25N3O2S. The van der Waals surface area contributed by atoms with Gasteiger partial charge in [0.1, 0.15) is 0 Å². The number of hydrogen-bond acceptors (Lipinski definition) is 4. The van der Waals surface area contributed by atoms with Crippen LogP contribution < -0.4 is 10.6 Å². The molecule has 0 saturated heterocycles. The molecule has 0 heterocycles. The Morgan fingerprint density at radius 3 is 2.25 bits per heavy atom. The van der Waals surface area contributed by atoms with E-state index in [9.17, 15) is 8.42 Å². The lowest BCUT2D eigenvalue weighted by Crippen LogP contribution is -2.32. The standard InChI is InChI=1S/C14H25N3O2S/c1-6-9-17(11(2)3)14-8-7-12(10-13(14)15)20(18,19)16(4)5/h7-8,10-11H,6,9,15H2,1-5H3. The quantitative estimate of drug-likeness (QED) is 0.817. The summed E-state index contributed by atoms with van der Waals surface area (Å²) in [5.74, 6) is 0. The van der Waals surface area contributed by atoms with Crippen LogP contribution in [0.25, 0.3) is 0 Å². The molecule has 1 aromatic rings. The Kier molecular flexibility index (Phi) is 5.42. The fraction of sp³-hybridized carbons (Fsp3) is 0.571. The molecule has 0 saturated carbocycles. The Bertz CT molecular complexity index is 554. The Labute approximate surface area is 122 Å². The molecule has 1 rings (SSSR count). The van der Waals surface area contributed by atoms with E-state index < -0.39 is 10.0 Å². The van der Waals surface area contributed by atoms with Gasteiger partial charge >= 0.3 is 0 Å². The number of nitrogen functional groups attached to an aromatic ring is 1. The van der Waals surface area contributed by atoms with Crippen LogP contribution in [0.5, 0.6) is 0 Å². The van der Waals surface area contributed by atoms with Gasteiger partial charge in [-0.3, -0.25) is 0 Å². The molecule has 6 heteroatoms. The van der Waals surface area contributed by atoms with Gasteiger partial charge in [0.15, 0.2) is 0 Å². The van der Waals surface area contributed by atoms with Crippen LogP contribution >= 0.6 is 0 Å². The number of nitrogens with two attached hydrogens (primary N) is 1. The largest absolute Gasteiger partial charge is 0.397 e. The van der Waals surface area contributed by atoms with Gasteiger partial charge in [-0.1, -0.05) is 6.92 Å².